The zero-order valence-corrected chi connectivity index (χ0v) is 16.5. The summed E-state index contributed by atoms with van der Waals surface area (Å²) in [6.07, 6.45) is 0.968. The molecule has 0 saturated heterocycles. The Labute approximate surface area is 163 Å². The Kier molecular flexibility index (Phi) is 6.03. The standard InChI is InChI=1S/C20H20N2O3S2/c1-2-15-8-10-17(11-9-15)18-12-26-20(21-18)22-19(23)14-27(24,25)13-16-6-4-3-5-7-16/h3-12H,2,13-14H2,1H3,(H,21,22,23). The number of sulfone groups is 1. The quantitative estimate of drug-likeness (QED) is 0.652. The van der Waals surface area contributed by atoms with E-state index >= 15 is 0 Å². The summed E-state index contributed by atoms with van der Waals surface area (Å²) in [6.45, 7) is 2.09. The zero-order chi connectivity index (χ0) is 19.3. The number of nitrogens with zero attached hydrogens (tertiary/aromatic N) is 1. The van der Waals surface area contributed by atoms with Gasteiger partial charge in [0.15, 0.2) is 15.0 Å². The minimum atomic E-state index is -3.54. The Bertz CT molecular complexity index is 1010. The number of hydrogen-bond acceptors (Lipinski definition) is 5. The number of nitrogens with one attached hydrogen (secondary N) is 1. The van der Waals surface area contributed by atoms with Gasteiger partial charge in [0.05, 0.1) is 11.4 Å². The fourth-order valence-electron chi connectivity index (χ4n) is 2.61. The Morgan fingerprint density at radius 3 is 2.41 bits per heavy atom. The molecule has 0 fully saturated rings. The highest BCUT2D eigenvalue weighted by Crippen LogP contribution is 2.25. The second-order valence-electron chi connectivity index (χ2n) is 6.15. The number of aryl methyl sites for hydroxylation is 1. The normalized spacial score (nSPS) is 11.3. The molecule has 0 radical (unpaired) electrons. The van der Waals surface area contributed by atoms with Gasteiger partial charge in [-0.15, -0.1) is 11.3 Å². The molecule has 0 aliphatic carbocycles. The number of hydrogen-bond donors (Lipinski definition) is 1. The van der Waals surface area contributed by atoms with E-state index in [1.165, 1.54) is 16.9 Å². The highest BCUT2D eigenvalue weighted by molar-refractivity contribution is 7.91. The Morgan fingerprint density at radius 1 is 1.04 bits per heavy atom. The molecule has 5 nitrogen and oxygen atoms in total. The summed E-state index contributed by atoms with van der Waals surface area (Å²) in [5.74, 6) is -1.30. The van der Waals surface area contributed by atoms with E-state index in [0.717, 1.165) is 17.7 Å². The highest BCUT2D eigenvalue weighted by atomic mass is 32.2. The molecule has 0 unspecified atom stereocenters. The van der Waals surface area contributed by atoms with Crippen LogP contribution in [-0.4, -0.2) is 25.1 Å². The summed E-state index contributed by atoms with van der Waals surface area (Å²) < 4.78 is 24.4. The Hall–Kier alpha value is -2.51. The third-order valence-electron chi connectivity index (χ3n) is 3.99. The molecule has 2 aromatic carbocycles. The number of amides is 1. The Balaban J connectivity index is 1.61. The van der Waals surface area contributed by atoms with Crippen molar-refractivity contribution in [2.45, 2.75) is 19.1 Å². The van der Waals surface area contributed by atoms with E-state index in [-0.39, 0.29) is 5.75 Å². The summed E-state index contributed by atoms with van der Waals surface area (Å²) >= 11 is 1.27. The van der Waals surface area contributed by atoms with E-state index in [1.807, 2.05) is 35.7 Å². The lowest BCUT2D eigenvalue weighted by molar-refractivity contribution is -0.113. The van der Waals surface area contributed by atoms with Gasteiger partial charge < -0.3 is 5.32 Å². The first-order valence-corrected chi connectivity index (χ1v) is 11.2. The molecule has 0 saturated carbocycles. The smallest absolute Gasteiger partial charge is 0.241 e. The minimum absolute atomic E-state index is 0.159. The largest absolute Gasteiger partial charge is 0.301 e. The molecule has 1 heterocycles. The molecule has 0 bridgehead atoms. The third-order valence-corrected chi connectivity index (χ3v) is 6.22. The second-order valence-corrected chi connectivity index (χ2v) is 9.08. The number of anilines is 1. The van der Waals surface area contributed by atoms with Crippen LogP contribution < -0.4 is 5.32 Å². The summed E-state index contributed by atoms with van der Waals surface area (Å²) in [4.78, 5) is 16.5. The van der Waals surface area contributed by atoms with Crippen molar-refractivity contribution in [1.82, 2.24) is 4.98 Å². The first-order valence-electron chi connectivity index (χ1n) is 8.54. The molecule has 1 aromatic heterocycles. The van der Waals surface area contributed by atoms with Crippen molar-refractivity contribution < 1.29 is 13.2 Å². The predicted octanol–water partition coefficient (Wildman–Crippen LogP) is 3.93. The van der Waals surface area contributed by atoms with Crippen LogP contribution in [0, 0.1) is 0 Å². The van der Waals surface area contributed by atoms with Crippen LogP contribution in [-0.2, 0) is 26.8 Å². The van der Waals surface area contributed by atoms with Gasteiger partial charge in [-0.2, -0.15) is 0 Å². The molecule has 140 valence electrons. The molecule has 0 spiro atoms. The monoisotopic (exact) mass is 400 g/mol. The summed E-state index contributed by atoms with van der Waals surface area (Å²) in [6, 6.07) is 16.9. The number of rotatable bonds is 7. The highest BCUT2D eigenvalue weighted by Gasteiger charge is 2.18. The number of carbonyl (C=O) groups excluding carboxylic acids is 1. The number of carbonyl (C=O) groups is 1. The number of thiazole rings is 1. The molecule has 3 aromatic rings. The van der Waals surface area contributed by atoms with Gasteiger partial charge in [0.25, 0.3) is 0 Å². The molecular weight excluding hydrogens is 380 g/mol. The van der Waals surface area contributed by atoms with Crippen LogP contribution in [0.5, 0.6) is 0 Å². The van der Waals surface area contributed by atoms with E-state index in [4.69, 9.17) is 0 Å². The summed E-state index contributed by atoms with van der Waals surface area (Å²) in [5, 5.41) is 4.82. The van der Waals surface area contributed by atoms with Gasteiger partial charge in [-0.05, 0) is 17.5 Å². The van der Waals surface area contributed by atoms with E-state index in [0.29, 0.717) is 10.7 Å². The molecule has 1 amide bonds. The molecule has 3 rings (SSSR count). The van der Waals surface area contributed by atoms with E-state index < -0.39 is 21.5 Å². The minimum Gasteiger partial charge on any atom is -0.301 e. The zero-order valence-electron chi connectivity index (χ0n) is 14.9. The van der Waals surface area contributed by atoms with Gasteiger partial charge >= 0.3 is 0 Å². The van der Waals surface area contributed by atoms with Crippen molar-refractivity contribution in [3.05, 3.63) is 71.1 Å². The number of benzene rings is 2. The fourth-order valence-corrected chi connectivity index (χ4v) is 4.62. The van der Waals surface area contributed by atoms with Crippen molar-refractivity contribution in [3.8, 4) is 11.3 Å². The van der Waals surface area contributed by atoms with Crippen molar-refractivity contribution >= 4 is 32.2 Å². The molecule has 0 aliphatic heterocycles. The SMILES string of the molecule is CCc1ccc(-c2csc(NC(=O)CS(=O)(=O)Cc3ccccc3)n2)cc1. The Morgan fingerprint density at radius 2 is 1.74 bits per heavy atom. The molecule has 7 heteroatoms. The van der Waals surface area contributed by atoms with Crippen LogP contribution in [0.3, 0.4) is 0 Å². The van der Waals surface area contributed by atoms with Gasteiger partial charge in [0.2, 0.25) is 5.91 Å². The maximum Gasteiger partial charge on any atom is 0.241 e. The van der Waals surface area contributed by atoms with Crippen LogP contribution in [0.25, 0.3) is 11.3 Å². The molecular formula is C20H20N2O3S2. The van der Waals surface area contributed by atoms with Crippen molar-refractivity contribution in [2.75, 3.05) is 11.1 Å². The topological polar surface area (TPSA) is 76.1 Å². The predicted molar refractivity (Wildman–Crippen MR) is 109 cm³/mol. The first kappa shape index (κ1) is 19.3. The van der Waals surface area contributed by atoms with Crippen LogP contribution in [0.2, 0.25) is 0 Å². The lowest BCUT2D eigenvalue weighted by Gasteiger charge is -2.04. The summed E-state index contributed by atoms with van der Waals surface area (Å²) in [5.41, 5.74) is 3.62. The summed E-state index contributed by atoms with van der Waals surface area (Å²) in [7, 11) is -3.54. The second kappa shape index (κ2) is 8.45. The van der Waals surface area contributed by atoms with Gasteiger partial charge in [-0.25, -0.2) is 13.4 Å². The van der Waals surface area contributed by atoms with Crippen LogP contribution in [0.4, 0.5) is 5.13 Å². The first-order chi connectivity index (χ1) is 12.9. The molecule has 1 N–H and O–H groups in total. The fraction of sp³-hybridized carbons (Fsp3) is 0.200. The molecule has 27 heavy (non-hydrogen) atoms. The van der Waals surface area contributed by atoms with Crippen LogP contribution in [0.1, 0.15) is 18.1 Å². The van der Waals surface area contributed by atoms with E-state index in [9.17, 15) is 13.2 Å². The molecule has 0 aliphatic rings. The lowest BCUT2D eigenvalue weighted by Crippen LogP contribution is -2.23. The average Bonchev–Trinajstić information content (AvgIpc) is 3.10. The molecule has 0 atom stereocenters. The van der Waals surface area contributed by atoms with Crippen molar-refractivity contribution in [1.29, 1.82) is 0 Å². The van der Waals surface area contributed by atoms with Crippen LogP contribution in [0.15, 0.2) is 60.0 Å². The lowest BCUT2D eigenvalue weighted by atomic mass is 10.1. The van der Waals surface area contributed by atoms with Crippen LogP contribution >= 0.6 is 11.3 Å². The van der Waals surface area contributed by atoms with Gasteiger partial charge in [-0.3, -0.25) is 4.79 Å². The van der Waals surface area contributed by atoms with E-state index in [2.05, 4.69) is 17.2 Å². The maximum atomic E-state index is 12.2. The van der Waals surface area contributed by atoms with E-state index in [1.54, 1.807) is 24.3 Å². The van der Waals surface area contributed by atoms with Crippen molar-refractivity contribution in [2.24, 2.45) is 0 Å². The average molecular weight is 401 g/mol. The van der Waals surface area contributed by atoms with Gasteiger partial charge in [-0.1, -0.05) is 61.5 Å². The van der Waals surface area contributed by atoms with Gasteiger partial charge in [0, 0.05) is 10.9 Å². The maximum absolute atomic E-state index is 12.2. The van der Waals surface area contributed by atoms with Crippen molar-refractivity contribution in [3.63, 3.8) is 0 Å². The third kappa shape index (κ3) is 5.48. The number of aromatic nitrogens is 1. The van der Waals surface area contributed by atoms with Gasteiger partial charge in [0.1, 0.15) is 5.75 Å².